The number of carbonyl (C=O) groups excluding carboxylic acids is 1. The monoisotopic (exact) mass is 203 g/mol. The number of carboxylic acids is 1. The molecule has 5 heteroatoms. The zero-order valence-electron chi connectivity index (χ0n) is 8.82. The van der Waals surface area contributed by atoms with E-state index in [1.807, 2.05) is 6.92 Å². The number of rotatable bonds is 5. The molecule has 0 aromatic heterocycles. The normalized spacial score (nSPS) is 11.9. The number of carboxylic acid groups (broad SMARTS) is 1. The molecule has 0 aromatic rings. The van der Waals surface area contributed by atoms with Crippen LogP contribution in [0.5, 0.6) is 0 Å². The summed E-state index contributed by atoms with van der Waals surface area (Å²) in [6, 6.07) is -0.299. The van der Waals surface area contributed by atoms with Crippen molar-refractivity contribution in [3.63, 3.8) is 0 Å². The van der Waals surface area contributed by atoms with Crippen LogP contribution >= 0.6 is 0 Å². The average Bonchev–Trinajstić information content (AvgIpc) is 2.13. The van der Waals surface area contributed by atoms with Crippen LogP contribution in [0.15, 0.2) is 0 Å². The molecule has 1 atom stereocenters. The van der Waals surface area contributed by atoms with E-state index in [-0.39, 0.29) is 12.5 Å². The molecule has 0 fully saturated rings. The minimum Gasteiger partial charge on any atom is -0.481 e. The third kappa shape index (κ3) is 4.11. The lowest BCUT2D eigenvalue weighted by molar-refractivity contribution is -0.138. The van der Waals surface area contributed by atoms with E-state index in [1.165, 1.54) is 4.90 Å². The molecule has 0 aliphatic heterocycles. The molecule has 0 spiro atoms. The Hall–Kier alpha value is -1.26. The molecule has 0 aliphatic carbocycles. The summed E-state index contributed by atoms with van der Waals surface area (Å²) < 4.78 is 4.76. The lowest BCUT2D eigenvalue weighted by atomic mass is 10.1. The first-order valence-corrected chi connectivity index (χ1v) is 4.64. The van der Waals surface area contributed by atoms with Gasteiger partial charge in [0.05, 0.1) is 13.0 Å². The van der Waals surface area contributed by atoms with E-state index in [0.29, 0.717) is 13.0 Å². The van der Waals surface area contributed by atoms with Crippen molar-refractivity contribution in [3.05, 3.63) is 0 Å². The minimum absolute atomic E-state index is 0.0498. The number of nitrogens with zero attached hydrogens (tertiary/aromatic N) is 1. The van der Waals surface area contributed by atoms with E-state index in [1.54, 1.807) is 14.0 Å². The van der Waals surface area contributed by atoms with Crippen molar-refractivity contribution in [3.8, 4) is 0 Å². The number of hydrogen-bond acceptors (Lipinski definition) is 3. The average molecular weight is 203 g/mol. The van der Waals surface area contributed by atoms with E-state index in [0.717, 1.165) is 0 Å². The standard InChI is InChI=1S/C9H17NO4/c1-4-7(6-8(11)12)10(3)9(13)14-5-2/h7H,4-6H2,1-3H3,(H,11,12). The van der Waals surface area contributed by atoms with Crippen LogP contribution < -0.4 is 0 Å². The van der Waals surface area contributed by atoms with Crippen LogP contribution in [-0.4, -0.2) is 41.8 Å². The molecule has 0 aliphatic rings. The highest BCUT2D eigenvalue weighted by Crippen LogP contribution is 2.08. The second kappa shape index (κ2) is 6.23. The maximum Gasteiger partial charge on any atom is 0.409 e. The lowest BCUT2D eigenvalue weighted by Gasteiger charge is -2.24. The van der Waals surface area contributed by atoms with E-state index < -0.39 is 12.1 Å². The van der Waals surface area contributed by atoms with Gasteiger partial charge in [-0.3, -0.25) is 4.79 Å². The molecule has 0 aromatic carbocycles. The predicted octanol–water partition coefficient (Wildman–Crippen LogP) is 1.33. The van der Waals surface area contributed by atoms with E-state index in [9.17, 15) is 9.59 Å². The Morgan fingerprint density at radius 2 is 2.00 bits per heavy atom. The van der Waals surface area contributed by atoms with Gasteiger partial charge in [-0.2, -0.15) is 0 Å². The van der Waals surface area contributed by atoms with E-state index in [2.05, 4.69) is 0 Å². The van der Waals surface area contributed by atoms with Crippen molar-refractivity contribution in [1.82, 2.24) is 4.90 Å². The van der Waals surface area contributed by atoms with Crippen LogP contribution in [0.2, 0.25) is 0 Å². The smallest absolute Gasteiger partial charge is 0.409 e. The molecule has 0 rings (SSSR count). The van der Waals surface area contributed by atoms with Gasteiger partial charge in [0.25, 0.3) is 0 Å². The molecule has 1 unspecified atom stereocenters. The lowest BCUT2D eigenvalue weighted by Crippen LogP contribution is -2.38. The van der Waals surface area contributed by atoms with Gasteiger partial charge in [0.15, 0.2) is 0 Å². The van der Waals surface area contributed by atoms with Gasteiger partial charge in [0, 0.05) is 13.1 Å². The summed E-state index contributed by atoms with van der Waals surface area (Å²) in [5.41, 5.74) is 0. The van der Waals surface area contributed by atoms with Gasteiger partial charge in [0.2, 0.25) is 0 Å². The Bertz CT molecular complexity index is 205. The van der Waals surface area contributed by atoms with Crippen LogP contribution in [0, 0.1) is 0 Å². The maximum atomic E-state index is 11.2. The van der Waals surface area contributed by atoms with Gasteiger partial charge in [-0.05, 0) is 13.3 Å². The first-order valence-electron chi connectivity index (χ1n) is 4.64. The summed E-state index contributed by atoms with van der Waals surface area (Å²) >= 11 is 0. The first-order chi connectivity index (χ1) is 6.52. The molecule has 0 saturated carbocycles. The Labute approximate surface area is 83.6 Å². The number of hydrogen-bond donors (Lipinski definition) is 1. The van der Waals surface area contributed by atoms with Gasteiger partial charge in [0.1, 0.15) is 0 Å². The fourth-order valence-corrected chi connectivity index (χ4v) is 1.13. The Morgan fingerprint density at radius 3 is 2.36 bits per heavy atom. The van der Waals surface area contributed by atoms with Gasteiger partial charge in [-0.1, -0.05) is 6.92 Å². The van der Waals surface area contributed by atoms with Gasteiger partial charge in [-0.25, -0.2) is 4.79 Å². The highest BCUT2D eigenvalue weighted by atomic mass is 16.6. The second-order valence-electron chi connectivity index (χ2n) is 2.97. The van der Waals surface area contributed by atoms with Crippen molar-refractivity contribution in [2.45, 2.75) is 32.7 Å². The highest BCUT2D eigenvalue weighted by Gasteiger charge is 2.21. The Morgan fingerprint density at radius 1 is 1.43 bits per heavy atom. The van der Waals surface area contributed by atoms with Crippen molar-refractivity contribution < 1.29 is 19.4 Å². The Kier molecular flexibility index (Phi) is 5.67. The summed E-state index contributed by atoms with van der Waals surface area (Å²) in [4.78, 5) is 23.0. The van der Waals surface area contributed by atoms with Crippen LogP contribution in [0.4, 0.5) is 4.79 Å². The molecule has 0 heterocycles. The molecule has 0 saturated heterocycles. The second-order valence-corrected chi connectivity index (χ2v) is 2.97. The van der Waals surface area contributed by atoms with Gasteiger partial charge >= 0.3 is 12.1 Å². The largest absolute Gasteiger partial charge is 0.481 e. The van der Waals surface area contributed by atoms with E-state index >= 15 is 0 Å². The highest BCUT2D eigenvalue weighted by molar-refractivity contribution is 5.71. The van der Waals surface area contributed by atoms with Crippen LogP contribution in [0.25, 0.3) is 0 Å². The van der Waals surface area contributed by atoms with Crippen molar-refractivity contribution >= 4 is 12.1 Å². The fourth-order valence-electron chi connectivity index (χ4n) is 1.13. The third-order valence-electron chi connectivity index (χ3n) is 1.99. The molecule has 1 amide bonds. The molecule has 5 nitrogen and oxygen atoms in total. The molecular weight excluding hydrogens is 186 g/mol. The summed E-state index contributed by atoms with van der Waals surface area (Å²) in [6.45, 7) is 3.85. The number of amides is 1. The molecule has 82 valence electrons. The topological polar surface area (TPSA) is 66.8 Å². The first kappa shape index (κ1) is 12.7. The fraction of sp³-hybridized carbons (Fsp3) is 0.778. The number of carbonyl (C=O) groups is 2. The SMILES string of the molecule is CCOC(=O)N(C)C(CC)CC(=O)O. The van der Waals surface area contributed by atoms with Gasteiger partial charge in [-0.15, -0.1) is 0 Å². The van der Waals surface area contributed by atoms with Crippen LogP contribution in [0.3, 0.4) is 0 Å². The molecular formula is C9H17NO4. The van der Waals surface area contributed by atoms with Crippen LogP contribution in [-0.2, 0) is 9.53 Å². The van der Waals surface area contributed by atoms with Gasteiger partial charge < -0.3 is 14.7 Å². The molecule has 0 bridgehead atoms. The summed E-state index contributed by atoms with van der Waals surface area (Å²) in [7, 11) is 1.55. The van der Waals surface area contributed by atoms with Crippen molar-refractivity contribution in [2.75, 3.05) is 13.7 Å². The summed E-state index contributed by atoms with van der Waals surface area (Å²) in [5.74, 6) is -0.909. The molecule has 1 N–H and O–H groups in total. The van der Waals surface area contributed by atoms with Crippen molar-refractivity contribution in [1.29, 1.82) is 0 Å². The zero-order chi connectivity index (χ0) is 11.1. The zero-order valence-corrected chi connectivity index (χ0v) is 8.82. The number of aliphatic carboxylic acids is 1. The van der Waals surface area contributed by atoms with Crippen molar-refractivity contribution in [2.24, 2.45) is 0 Å². The summed E-state index contributed by atoms with van der Waals surface area (Å²) in [5, 5.41) is 8.60. The van der Waals surface area contributed by atoms with E-state index in [4.69, 9.17) is 9.84 Å². The maximum absolute atomic E-state index is 11.2. The quantitative estimate of drug-likeness (QED) is 0.732. The number of ether oxygens (including phenoxy) is 1. The molecule has 0 radical (unpaired) electrons. The minimum atomic E-state index is -0.909. The molecule has 14 heavy (non-hydrogen) atoms. The summed E-state index contributed by atoms with van der Waals surface area (Å²) in [6.07, 6.45) is 0.0774. The third-order valence-corrected chi connectivity index (χ3v) is 1.99. The Balaban J connectivity index is 4.22. The predicted molar refractivity (Wildman–Crippen MR) is 51.1 cm³/mol. The van der Waals surface area contributed by atoms with Crippen LogP contribution in [0.1, 0.15) is 26.7 Å².